The highest BCUT2D eigenvalue weighted by molar-refractivity contribution is 5.77. The summed E-state index contributed by atoms with van der Waals surface area (Å²) >= 11 is 0. The third-order valence-electron chi connectivity index (χ3n) is 10.0. The largest absolute Gasteiger partial charge is 0.462 e. The molecular formula is C46H85NO5. The molecule has 0 radical (unpaired) electrons. The molecule has 304 valence electrons. The number of hydrogen-bond acceptors (Lipinski definition) is 5. The number of amides is 1. The van der Waals surface area contributed by atoms with E-state index in [0.29, 0.717) is 19.3 Å². The van der Waals surface area contributed by atoms with Crippen LogP contribution in [0.4, 0.5) is 0 Å². The molecule has 0 aromatic heterocycles. The van der Waals surface area contributed by atoms with Gasteiger partial charge in [0.15, 0.2) is 0 Å². The fourth-order valence-corrected chi connectivity index (χ4v) is 6.66. The highest BCUT2D eigenvalue weighted by Gasteiger charge is 2.24. The minimum atomic E-state index is -0.786. The van der Waals surface area contributed by atoms with Crippen LogP contribution in [0.15, 0.2) is 36.5 Å². The fourth-order valence-electron chi connectivity index (χ4n) is 6.66. The second-order valence-corrected chi connectivity index (χ2v) is 15.1. The molecule has 0 bridgehead atoms. The van der Waals surface area contributed by atoms with Crippen LogP contribution < -0.4 is 5.32 Å². The number of carbonyl (C=O) groups excluding carboxylic acids is 2. The Bertz CT molecular complexity index is 869. The lowest BCUT2D eigenvalue weighted by Gasteiger charge is -2.24. The number of nitrogens with one attached hydrogen (secondary N) is 1. The van der Waals surface area contributed by atoms with Gasteiger partial charge in [-0.1, -0.05) is 198 Å². The van der Waals surface area contributed by atoms with E-state index < -0.39 is 18.2 Å². The van der Waals surface area contributed by atoms with Crippen LogP contribution in [0.3, 0.4) is 0 Å². The number of hydrogen-bond donors (Lipinski definition) is 3. The quantitative estimate of drug-likeness (QED) is 0.0332. The van der Waals surface area contributed by atoms with Gasteiger partial charge in [-0.15, -0.1) is 0 Å². The van der Waals surface area contributed by atoms with Crippen molar-refractivity contribution in [3.8, 4) is 0 Å². The summed E-state index contributed by atoms with van der Waals surface area (Å²) in [5, 5.41) is 23.6. The van der Waals surface area contributed by atoms with Gasteiger partial charge in [-0.3, -0.25) is 9.59 Å². The molecule has 0 aliphatic carbocycles. The molecule has 0 aromatic carbocycles. The normalized spacial score (nSPS) is 13.7. The van der Waals surface area contributed by atoms with Gasteiger partial charge in [-0.05, 0) is 44.9 Å². The van der Waals surface area contributed by atoms with Crippen molar-refractivity contribution in [2.24, 2.45) is 0 Å². The topological polar surface area (TPSA) is 95.9 Å². The number of ether oxygens (including phenoxy) is 1. The van der Waals surface area contributed by atoms with Crippen LogP contribution in [-0.2, 0) is 14.3 Å². The zero-order chi connectivity index (χ0) is 38.2. The lowest BCUT2D eigenvalue weighted by atomic mass is 10.0. The van der Waals surface area contributed by atoms with Gasteiger partial charge in [-0.2, -0.15) is 0 Å². The van der Waals surface area contributed by atoms with E-state index in [4.69, 9.17) is 4.74 Å². The summed E-state index contributed by atoms with van der Waals surface area (Å²) in [5.41, 5.74) is 0. The van der Waals surface area contributed by atoms with Crippen molar-refractivity contribution >= 4 is 11.9 Å². The van der Waals surface area contributed by atoms with Crippen LogP contribution in [0.2, 0.25) is 0 Å². The third kappa shape index (κ3) is 35.1. The number of carbonyl (C=O) groups is 2. The van der Waals surface area contributed by atoms with Gasteiger partial charge in [0.25, 0.3) is 0 Å². The van der Waals surface area contributed by atoms with E-state index in [1.165, 1.54) is 89.9 Å². The van der Waals surface area contributed by atoms with Crippen molar-refractivity contribution in [3.63, 3.8) is 0 Å². The standard InChI is InChI=1S/C46H85NO5/c1-4-7-10-13-16-19-21-23-25-27-30-33-36-39-46(51)52-42(37-34-31-28-18-15-12-9-6-3)40-45(50)47-43(41-48)44(49)38-35-32-29-26-24-22-20-17-14-11-8-5-2/h7,10,13,16,19,21,42-44,48-49H,4-6,8-9,11-12,14-15,17-18,20,22-41H2,1-3H3,(H,47,50)/b10-7+,16-13+,21-19-. The minimum Gasteiger partial charge on any atom is -0.462 e. The Morgan fingerprint density at radius 3 is 1.56 bits per heavy atom. The van der Waals surface area contributed by atoms with Gasteiger partial charge in [0.2, 0.25) is 5.91 Å². The first-order valence-corrected chi connectivity index (χ1v) is 22.2. The predicted molar refractivity (Wildman–Crippen MR) is 222 cm³/mol. The van der Waals surface area contributed by atoms with E-state index in [0.717, 1.165) is 83.5 Å². The van der Waals surface area contributed by atoms with Gasteiger partial charge in [0.05, 0.1) is 25.2 Å². The maximum atomic E-state index is 13.1. The summed E-state index contributed by atoms with van der Waals surface area (Å²) in [6, 6.07) is -0.699. The van der Waals surface area contributed by atoms with E-state index >= 15 is 0 Å². The molecule has 0 heterocycles. The molecule has 0 aliphatic rings. The van der Waals surface area contributed by atoms with Gasteiger partial charge >= 0.3 is 5.97 Å². The van der Waals surface area contributed by atoms with Crippen LogP contribution in [0.5, 0.6) is 0 Å². The Hall–Kier alpha value is -1.92. The summed E-state index contributed by atoms with van der Waals surface area (Å²) < 4.78 is 5.87. The first kappa shape index (κ1) is 50.1. The molecule has 0 aromatic rings. The zero-order valence-corrected chi connectivity index (χ0v) is 34.4. The van der Waals surface area contributed by atoms with Crippen molar-refractivity contribution in [1.29, 1.82) is 0 Å². The first-order chi connectivity index (χ1) is 25.5. The highest BCUT2D eigenvalue weighted by Crippen LogP contribution is 2.17. The summed E-state index contributed by atoms with van der Waals surface area (Å²) in [4.78, 5) is 25.9. The predicted octanol–water partition coefficient (Wildman–Crippen LogP) is 12.6. The van der Waals surface area contributed by atoms with Crippen LogP contribution in [0, 0.1) is 0 Å². The second kappa shape index (κ2) is 40.3. The average Bonchev–Trinajstić information content (AvgIpc) is 3.13. The number of unbranched alkanes of at least 4 members (excludes halogenated alkanes) is 23. The summed E-state index contributed by atoms with van der Waals surface area (Å²) in [7, 11) is 0. The Morgan fingerprint density at radius 1 is 0.577 bits per heavy atom. The van der Waals surface area contributed by atoms with Crippen molar-refractivity contribution in [2.75, 3.05) is 6.61 Å². The molecular weight excluding hydrogens is 647 g/mol. The molecule has 6 nitrogen and oxygen atoms in total. The molecule has 52 heavy (non-hydrogen) atoms. The Labute approximate surface area is 322 Å². The number of aliphatic hydroxyl groups excluding tert-OH is 2. The molecule has 0 aliphatic heterocycles. The molecule has 0 saturated heterocycles. The number of aliphatic hydroxyl groups is 2. The average molecular weight is 732 g/mol. The monoisotopic (exact) mass is 732 g/mol. The van der Waals surface area contributed by atoms with Crippen molar-refractivity contribution in [2.45, 2.75) is 238 Å². The van der Waals surface area contributed by atoms with E-state index in [1.54, 1.807) is 0 Å². The first-order valence-electron chi connectivity index (χ1n) is 22.2. The van der Waals surface area contributed by atoms with Crippen molar-refractivity contribution in [3.05, 3.63) is 36.5 Å². The number of esters is 1. The lowest BCUT2D eigenvalue weighted by Crippen LogP contribution is -2.46. The van der Waals surface area contributed by atoms with Gasteiger partial charge < -0.3 is 20.3 Å². The number of rotatable bonds is 39. The summed E-state index contributed by atoms with van der Waals surface area (Å²) in [5.74, 6) is -0.498. The van der Waals surface area contributed by atoms with Crippen LogP contribution in [-0.4, -0.2) is 46.9 Å². The Morgan fingerprint density at radius 2 is 1.04 bits per heavy atom. The van der Waals surface area contributed by atoms with E-state index in [9.17, 15) is 19.8 Å². The van der Waals surface area contributed by atoms with E-state index in [1.807, 2.05) is 0 Å². The molecule has 6 heteroatoms. The summed E-state index contributed by atoms with van der Waals surface area (Å²) in [6.45, 7) is 6.31. The molecule has 0 saturated carbocycles. The van der Waals surface area contributed by atoms with Crippen LogP contribution in [0.1, 0.15) is 220 Å². The molecule has 3 unspecified atom stereocenters. The van der Waals surface area contributed by atoms with Crippen molar-refractivity contribution in [1.82, 2.24) is 5.32 Å². The third-order valence-corrected chi connectivity index (χ3v) is 10.0. The Kier molecular flexibility index (Phi) is 38.8. The van der Waals surface area contributed by atoms with Crippen LogP contribution >= 0.6 is 0 Å². The van der Waals surface area contributed by atoms with Gasteiger partial charge in [0.1, 0.15) is 6.10 Å². The van der Waals surface area contributed by atoms with Gasteiger partial charge in [0, 0.05) is 6.42 Å². The number of allylic oxidation sites excluding steroid dienone is 6. The molecule has 3 N–H and O–H groups in total. The highest BCUT2D eigenvalue weighted by atomic mass is 16.5. The molecule has 3 atom stereocenters. The second-order valence-electron chi connectivity index (χ2n) is 15.1. The molecule has 0 spiro atoms. The maximum absolute atomic E-state index is 13.1. The van der Waals surface area contributed by atoms with Crippen LogP contribution in [0.25, 0.3) is 0 Å². The SMILES string of the molecule is CC/C=C/C=C/C=C\CCCCCCCC(=O)OC(CCCCCCCCCC)CC(=O)NC(CO)C(O)CCCCCCCCCCCCCC. The minimum absolute atomic E-state index is 0.0711. The van der Waals surface area contributed by atoms with Gasteiger partial charge in [-0.25, -0.2) is 0 Å². The fraction of sp³-hybridized carbons (Fsp3) is 0.826. The molecule has 0 rings (SSSR count). The molecule has 1 amide bonds. The smallest absolute Gasteiger partial charge is 0.306 e. The lowest BCUT2D eigenvalue weighted by molar-refractivity contribution is -0.151. The van der Waals surface area contributed by atoms with Crippen molar-refractivity contribution < 1.29 is 24.5 Å². The maximum Gasteiger partial charge on any atom is 0.306 e. The zero-order valence-electron chi connectivity index (χ0n) is 34.4. The van der Waals surface area contributed by atoms with E-state index in [-0.39, 0.29) is 24.9 Å². The van der Waals surface area contributed by atoms with E-state index in [2.05, 4.69) is 62.5 Å². The Balaban J connectivity index is 4.52. The summed E-state index contributed by atoms with van der Waals surface area (Å²) in [6.07, 6.45) is 44.9. The molecule has 0 fully saturated rings.